The molecule has 2 aromatic rings. The van der Waals surface area contributed by atoms with Crippen LogP contribution in [-0.2, 0) is 14.3 Å². The van der Waals surface area contributed by atoms with Crippen LogP contribution in [-0.4, -0.2) is 63.4 Å². The number of pyridine rings is 1. The fourth-order valence-electron chi connectivity index (χ4n) is 4.69. The molecule has 0 bridgehead atoms. The lowest BCUT2D eigenvalue weighted by Gasteiger charge is -2.38. The van der Waals surface area contributed by atoms with Gasteiger partial charge in [-0.2, -0.15) is 0 Å². The number of amides is 2. The molecule has 0 saturated carbocycles. The van der Waals surface area contributed by atoms with E-state index in [-0.39, 0.29) is 23.5 Å². The van der Waals surface area contributed by atoms with Crippen molar-refractivity contribution < 1.29 is 24.2 Å². The molecule has 1 atom stereocenters. The normalized spacial score (nSPS) is 20.6. The zero-order chi connectivity index (χ0) is 24.4. The van der Waals surface area contributed by atoms with Crippen molar-refractivity contribution in [2.75, 3.05) is 19.7 Å². The van der Waals surface area contributed by atoms with Crippen molar-refractivity contribution in [1.82, 2.24) is 14.8 Å². The van der Waals surface area contributed by atoms with Gasteiger partial charge in [-0.05, 0) is 68.5 Å². The van der Waals surface area contributed by atoms with Crippen LogP contribution in [0.4, 0.5) is 4.79 Å². The largest absolute Gasteiger partial charge is 0.507 e. The van der Waals surface area contributed by atoms with E-state index in [9.17, 15) is 19.5 Å². The Morgan fingerprint density at radius 1 is 1.09 bits per heavy atom. The molecule has 2 amide bonds. The third-order valence-electron chi connectivity index (χ3n) is 6.67. The topological polar surface area (TPSA) is 100 Å². The molecule has 8 nitrogen and oxygen atoms in total. The van der Waals surface area contributed by atoms with Crippen molar-refractivity contribution in [2.24, 2.45) is 0 Å². The number of hydrogen-bond donors (Lipinski definition) is 1. The molecule has 1 aromatic heterocycles. The first-order chi connectivity index (χ1) is 16.3. The second-order valence-electron chi connectivity index (χ2n) is 8.70. The SMILES string of the molecule is CCOC(=O)N1CCC(N2C(=O)C(=O)/C(=C(/O)c3ccc(C)c(C)c3)C2c2ccncc2)CC1. The van der Waals surface area contributed by atoms with E-state index < -0.39 is 17.7 Å². The van der Waals surface area contributed by atoms with Crippen LogP contribution >= 0.6 is 0 Å². The number of ether oxygens (including phenoxy) is 1. The van der Waals surface area contributed by atoms with Crippen molar-refractivity contribution in [3.05, 3.63) is 70.6 Å². The molecule has 4 rings (SSSR count). The summed E-state index contributed by atoms with van der Waals surface area (Å²) in [6, 6.07) is 7.98. The Kier molecular flexibility index (Phi) is 6.68. The van der Waals surface area contributed by atoms with Crippen molar-refractivity contribution in [2.45, 2.75) is 45.7 Å². The summed E-state index contributed by atoms with van der Waals surface area (Å²) in [5.74, 6) is -1.53. The number of hydrogen-bond acceptors (Lipinski definition) is 6. The van der Waals surface area contributed by atoms with Gasteiger partial charge in [-0.25, -0.2) is 4.79 Å². The molecule has 0 radical (unpaired) electrons. The zero-order valence-corrected chi connectivity index (χ0v) is 19.7. The maximum Gasteiger partial charge on any atom is 0.409 e. The monoisotopic (exact) mass is 463 g/mol. The number of aryl methyl sites for hydroxylation is 2. The Morgan fingerprint density at radius 3 is 2.38 bits per heavy atom. The van der Waals surface area contributed by atoms with Gasteiger partial charge in [-0.15, -0.1) is 0 Å². The van der Waals surface area contributed by atoms with Crippen LogP contribution < -0.4 is 0 Å². The van der Waals surface area contributed by atoms with E-state index in [0.717, 1.165) is 11.1 Å². The van der Waals surface area contributed by atoms with Gasteiger partial charge in [0.05, 0.1) is 18.2 Å². The fourth-order valence-corrected chi connectivity index (χ4v) is 4.69. The van der Waals surface area contributed by atoms with E-state index in [1.54, 1.807) is 47.3 Å². The highest BCUT2D eigenvalue weighted by atomic mass is 16.6. The lowest BCUT2D eigenvalue weighted by Crippen LogP contribution is -2.48. The summed E-state index contributed by atoms with van der Waals surface area (Å²) in [6.07, 6.45) is 3.86. The summed E-state index contributed by atoms with van der Waals surface area (Å²) < 4.78 is 5.09. The van der Waals surface area contributed by atoms with Crippen LogP contribution in [0.1, 0.15) is 48.1 Å². The van der Waals surface area contributed by atoms with E-state index in [1.807, 2.05) is 26.0 Å². The molecule has 1 aromatic carbocycles. The third kappa shape index (κ3) is 4.27. The lowest BCUT2D eigenvalue weighted by atomic mass is 9.93. The molecule has 34 heavy (non-hydrogen) atoms. The average Bonchev–Trinajstić information content (AvgIpc) is 3.11. The second kappa shape index (κ2) is 9.67. The molecule has 3 heterocycles. The van der Waals surface area contributed by atoms with Gasteiger partial charge >= 0.3 is 6.09 Å². The third-order valence-corrected chi connectivity index (χ3v) is 6.67. The molecule has 0 spiro atoms. The molecule has 1 unspecified atom stereocenters. The van der Waals surface area contributed by atoms with Crippen molar-refractivity contribution in [3.8, 4) is 0 Å². The van der Waals surface area contributed by atoms with Crippen molar-refractivity contribution in [1.29, 1.82) is 0 Å². The van der Waals surface area contributed by atoms with Gasteiger partial charge in [0.25, 0.3) is 11.7 Å². The smallest absolute Gasteiger partial charge is 0.409 e. The minimum atomic E-state index is -0.733. The quantitative estimate of drug-likeness (QED) is 0.421. The van der Waals surface area contributed by atoms with E-state index in [2.05, 4.69) is 4.98 Å². The number of ketones is 1. The first-order valence-corrected chi connectivity index (χ1v) is 11.5. The maximum atomic E-state index is 13.3. The van der Waals surface area contributed by atoms with Crippen LogP contribution in [0.25, 0.3) is 5.76 Å². The van der Waals surface area contributed by atoms with Gasteiger partial charge < -0.3 is 19.6 Å². The van der Waals surface area contributed by atoms with E-state index in [1.165, 1.54) is 0 Å². The summed E-state index contributed by atoms with van der Waals surface area (Å²) in [5.41, 5.74) is 3.32. The summed E-state index contributed by atoms with van der Waals surface area (Å²) in [6.45, 7) is 6.81. The van der Waals surface area contributed by atoms with E-state index >= 15 is 0 Å². The van der Waals surface area contributed by atoms with Gasteiger partial charge in [0, 0.05) is 37.1 Å². The average molecular weight is 464 g/mol. The minimum absolute atomic E-state index is 0.0762. The highest BCUT2D eigenvalue weighted by Gasteiger charge is 2.49. The first-order valence-electron chi connectivity index (χ1n) is 11.5. The Morgan fingerprint density at radius 2 is 1.76 bits per heavy atom. The van der Waals surface area contributed by atoms with Gasteiger partial charge in [0.15, 0.2) is 0 Å². The molecule has 2 aliphatic rings. The summed E-state index contributed by atoms with van der Waals surface area (Å²) in [7, 11) is 0. The number of aliphatic hydroxyl groups excluding tert-OH is 1. The lowest BCUT2D eigenvalue weighted by molar-refractivity contribution is -0.142. The Hall–Kier alpha value is -3.68. The van der Waals surface area contributed by atoms with E-state index in [0.29, 0.717) is 43.7 Å². The summed E-state index contributed by atoms with van der Waals surface area (Å²) in [4.78, 5) is 45.9. The molecular weight excluding hydrogens is 434 g/mol. The van der Waals surface area contributed by atoms with Crippen molar-refractivity contribution in [3.63, 3.8) is 0 Å². The fraction of sp³-hybridized carbons (Fsp3) is 0.385. The van der Waals surface area contributed by atoms with Crippen LogP contribution in [0.3, 0.4) is 0 Å². The standard InChI is InChI=1S/C26H29N3O5/c1-4-34-26(33)28-13-9-20(10-14-28)29-22(18-7-11-27-12-8-18)21(24(31)25(29)32)23(30)19-6-5-16(2)17(3)15-19/h5-8,11-12,15,20,22,30H,4,9-10,13-14H2,1-3H3/b23-21+. The van der Waals surface area contributed by atoms with Crippen molar-refractivity contribution >= 4 is 23.5 Å². The molecular formula is C26H29N3O5. The van der Waals surface area contributed by atoms with E-state index in [4.69, 9.17) is 4.74 Å². The Balaban J connectivity index is 1.73. The van der Waals surface area contributed by atoms with Gasteiger partial charge in [0.2, 0.25) is 0 Å². The minimum Gasteiger partial charge on any atom is -0.507 e. The zero-order valence-electron chi connectivity index (χ0n) is 19.7. The Bertz CT molecular complexity index is 1140. The summed E-state index contributed by atoms with van der Waals surface area (Å²) in [5, 5.41) is 11.2. The molecule has 2 fully saturated rings. The molecule has 0 aliphatic carbocycles. The van der Waals surface area contributed by atoms with Crippen LogP contribution in [0.5, 0.6) is 0 Å². The molecule has 1 N–H and O–H groups in total. The highest BCUT2D eigenvalue weighted by Crippen LogP contribution is 2.42. The number of piperidine rings is 1. The predicted octanol–water partition coefficient (Wildman–Crippen LogP) is 3.74. The predicted molar refractivity (Wildman–Crippen MR) is 126 cm³/mol. The highest BCUT2D eigenvalue weighted by molar-refractivity contribution is 6.46. The number of aromatic nitrogens is 1. The van der Waals surface area contributed by atoms with Gasteiger partial charge in [0.1, 0.15) is 5.76 Å². The number of benzene rings is 1. The van der Waals surface area contributed by atoms with Crippen LogP contribution in [0.2, 0.25) is 0 Å². The number of carbonyl (C=O) groups is 3. The number of likely N-dealkylation sites (tertiary alicyclic amines) is 2. The number of aliphatic hydroxyl groups is 1. The number of Topliss-reactive ketones (excluding diaryl/α,β-unsaturated/α-hetero) is 1. The Labute approximate surface area is 198 Å². The molecule has 2 aliphatic heterocycles. The molecule has 8 heteroatoms. The second-order valence-corrected chi connectivity index (χ2v) is 8.70. The van der Waals surface area contributed by atoms with Crippen LogP contribution in [0.15, 0.2) is 48.3 Å². The number of rotatable bonds is 4. The molecule has 178 valence electrons. The molecule has 2 saturated heterocycles. The summed E-state index contributed by atoms with van der Waals surface area (Å²) >= 11 is 0. The first kappa shape index (κ1) is 23.5. The van der Waals surface area contributed by atoms with Crippen LogP contribution in [0, 0.1) is 13.8 Å². The number of nitrogens with zero attached hydrogens (tertiary/aromatic N) is 3. The number of carbonyl (C=O) groups excluding carboxylic acids is 3. The maximum absolute atomic E-state index is 13.3. The van der Waals surface area contributed by atoms with Gasteiger partial charge in [-0.3, -0.25) is 14.6 Å². The van der Waals surface area contributed by atoms with Gasteiger partial charge in [-0.1, -0.05) is 12.1 Å².